The highest BCUT2D eigenvalue weighted by atomic mass is 79.9. The molecule has 0 amide bonds. The molecule has 62 valence electrons. The number of hydrogen-bond acceptors (Lipinski definition) is 0. The van der Waals surface area contributed by atoms with E-state index in [4.69, 9.17) is 0 Å². The number of para-hydroxylation sites is 1. The first-order valence-corrected chi connectivity index (χ1v) is 4.39. The van der Waals surface area contributed by atoms with E-state index in [0.717, 1.165) is 5.52 Å². The molecule has 3 heteroatoms. The molecule has 0 bridgehead atoms. The second-order valence-electron chi connectivity index (χ2n) is 2.68. The lowest BCUT2D eigenvalue weighted by Crippen LogP contribution is -1.85. The Kier molecular flexibility index (Phi) is 1.68. The molecule has 0 aliphatic carbocycles. The number of nitrogens with zero attached hydrogens (tertiary/aromatic N) is 1. The first-order chi connectivity index (χ1) is 5.72. The van der Waals surface area contributed by atoms with Crippen molar-refractivity contribution in [1.29, 1.82) is 0 Å². The molecule has 0 fully saturated rings. The maximum atomic E-state index is 13.4. The average molecular weight is 228 g/mol. The van der Waals surface area contributed by atoms with Crippen LogP contribution >= 0.6 is 15.9 Å². The monoisotopic (exact) mass is 227 g/mol. The molecule has 1 aromatic heterocycles. The first kappa shape index (κ1) is 7.80. The Bertz CT molecular complexity index is 394. The number of hydrogen-bond donors (Lipinski definition) is 0. The lowest BCUT2D eigenvalue weighted by atomic mass is 10.2. The summed E-state index contributed by atoms with van der Waals surface area (Å²) in [5.41, 5.74) is 0.905. The SMILES string of the molecule is Cn1c(Br)c(F)c2ccccc21. The van der Waals surface area contributed by atoms with Gasteiger partial charge in [-0.2, -0.15) is 0 Å². The highest BCUT2D eigenvalue weighted by Gasteiger charge is 2.10. The molecule has 2 aromatic rings. The van der Waals surface area contributed by atoms with E-state index in [1.54, 1.807) is 10.6 Å². The second kappa shape index (κ2) is 2.59. The van der Waals surface area contributed by atoms with Crippen LogP contribution in [0.15, 0.2) is 28.9 Å². The largest absolute Gasteiger partial charge is 0.336 e. The third-order valence-corrected chi connectivity index (χ3v) is 2.86. The molecule has 0 aliphatic heterocycles. The summed E-state index contributed by atoms with van der Waals surface area (Å²) in [5.74, 6) is -0.187. The van der Waals surface area contributed by atoms with Gasteiger partial charge in [-0.25, -0.2) is 4.39 Å². The molecule has 0 saturated carbocycles. The van der Waals surface area contributed by atoms with E-state index in [-0.39, 0.29) is 5.82 Å². The molecule has 1 heterocycles. The fourth-order valence-electron chi connectivity index (χ4n) is 1.32. The molecule has 0 spiro atoms. The molecule has 0 unspecified atom stereocenters. The Morgan fingerprint density at radius 3 is 2.67 bits per heavy atom. The predicted octanol–water partition coefficient (Wildman–Crippen LogP) is 3.08. The van der Waals surface area contributed by atoms with Crippen LogP contribution in [0.1, 0.15) is 0 Å². The van der Waals surface area contributed by atoms with Gasteiger partial charge in [0.25, 0.3) is 0 Å². The number of aryl methyl sites for hydroxylation is 1. The van der Waals surface area contributed by atoms with E-state index in [1.807, 2.05) is 25.2 Å². The van der Waals surface area contributed by atoms with Crippen molar-refractivity contribution in [2.75, 3.05) is 0 Å². The Hall–Kier alpha value is -0.830. The molecule has 1 aromatic carbocycles. The van der Waals surface area contributed by atoms with E-state index in [9.17, 15) is 4.39 Å². The van der Waals surface area contributed by atoms with Crippen molar-refractivity contribution in [2.45, 2.75) is 0 Å². The van der Waals surface area contributed by atoms with E-state index < -0.39 is 0 Å². The Balaban J connectivity index is 2.99. The van der Waals surface area contributed by atoms with Crippen LogP contribution in [0.25, 0.3) is 10.9 Å². The predicted molar refractivity (Wildman–Crippen MR) is 50.6 cm³/mol. The fourth-order valence-corrected chi connectivity index (χ4v) is 1.72. The highest BCUT2D eigenvalue weighted by Crippen LogP contribution is 2.26. The van der Waals surface area contributed by atoms with Gasteiger partial charge in [0.2, 0.25) is 0 Å². The fraction of sp³-hybridized carbons (Fsp3) is 0.111. The van der Waals surface area contributed by atoms with Crippen LogP contribution in [0.5, 0.6) is 0 Å². The van der Waals surface area contributed by atoms with Crippen LogP contribution in [0, 0.1) is 5.82 Å². The molecular formula is C9H7BrFN. The number of fused-ring (bicyclic) bond motifs is 1. The maximum Gasteiger partial charge on any atom is 0.163 e. The molecule has 0 aliphatic rings. The lowest BCUT2D eigenvalue weighted by Gasteiger charge is -1.94. The average Bonchev–Trinajstić information content (AvgIpc) is 2.33. The maximum absolute atomic E-state index is 13.4. The topological polar surface area (TPSA) is 4.93 Å². The molecule has 2 rings (SSSR count). The minimum Gasteiger partial charge on any atom is -0.336 e. The summed E-state index contributed by atoms with van der Waals surface area (Å²) < 4.78 is 15.6. The molecule has 0 N–H and O–H groups in total. The van der Waals surface area contributed by atoms with Gasteiger partial charge in [0.15, 0.2) is 5.82 Å². The van der Waals surface area contributed by atoms with Crippen LogP contribution in [-0.4, -0.2) is 4.57 Å². The number of rotatable bonds is 0. The van der Waals surface area contributed by atoms with Crippen LogP contribution in [0.2, 0.25) is 0 Å². The van der Waals surface area contributed by atoms with Crippen molar-refractivity contribution in [3.63, 3.8) is 0 Å². The molecule has 0 saturated heterocycles. The van der Waals surface area contributed by atoms with Gasteiger partial charge >= 0.3 is 0 Å². The van der Waals surface area contributed by atoms with Crippen LogP contribution in [-0.2, 0) is 7.05 Å². The van der Waals surface area contributed by atoms with Crippen molar-refractivity contribution in [2.24, 2.45) is 7.05 Å². The van der Waals surface area contributed by atoms with E-state index in [1.165, 1.54) is 0 Å². The van der Waals surface area contributed by atoms with Crippen LogP contribution in [0.4, 0.5) is 4.39 Å². The third-order valence-electron chi connectivity index (χ3n) is 1.98. The van der Waals surface area contributed by atoms with Gasteiger partial charge in [0.1, 0.15) is 4.60 Å². The number of aromatic nitrogens is 1. The Morgan fingerprint density at radius 2 is 2.00 bits per heavy atom. The first-order valence-electron chi connectivity index (χ1n) is 3.60. The zero-order valence-corrected chi connectivity index (χ0v) is 8.10. The smallest absolute Gasteiger partial charge is 0.163 e. The molecule has 0 atom stereocenters. The number of halogens is 2. The van der Waals surface area contributed by atoms with E-state index in [0.29, 0.717) is 9.99 Å². The van der Waals surface area contributed by atoms with Gasteiger partial charge in [-0.3, -0.25) is 0 Å². The Morgan fingerprint density at radius 1 is 1.33 bits per heavy atom. The van der Waals surface area contributed by atoms with E-state index >= 15 is 0 Å². The van der Waals surface area contributed by atoms with Crippen LogP contribution in [0.3, 0.4) is 0 Å². The molecule has 12 heavy (non-hydrogen) atoms. The van der Waals surface area contributed by atoms with E-state index in [2.05, 4.69) is 15.9 Å². The molecule has 0 radical (unpaired) electrons. The third kappa shape index (κ3) is 0.894. The van der Waals surface area contributed by atoms with Crippen molar-refractivity contribution in [3.8, 4) is 0 Å². The summed E-state index contributed by atoms with van der Waals surface area (Å²) in [6.45, 7) is 0. The van der Waals surface area contributed by atoms with Gasteiger partial charge < -0.3 is 4.57 Å². The summed E-state index contributed by atoms with van der Waals surface area (Å²) in [4.78, 5) is 0. The van der Waals surface area contributed by atoms with Crippen molar-refractivity contribution < 1.29 is 4.39 Å². The standard InChI is InChI=1S/C9H7BrFN/c1-12-7-5-3-2-4-6(7)8(11)9(12)10/h2-5H,1H3. The quantitative estimate of drug-likeness (QED) is 0.652. The van der Waals surface area contributed by atoms with Gasteiger partial charge in [0.05, 0.1) is 5.52 Å². The van der Waals surface area contributed by atoms with Gasteiger partial charge in [0, 0.05) is 12.4 Å². The minimum absolute atomic E-state index is 0.187. The number of benzene rings is 1. The summed E-state index contributed by atoms with van der Waals surface area (Å²) in [6, 6.07) is 7.39. The summed E-state index contributed by atoms with van der Waals surface area (Å²) >= 11 is 3.18. The van der Waals surface area contributed by atoms with Crippen LogP contribution < -0.4 is 0 Å². The summed E-state index contributed by atoms with van der Waals surface area (Å²) in [7, 11) is 1.83. The van der Waals surface area contributed by atoms with Gasteiger partial charge in [-0.05, 0) is 28.1 Å². The Labute approximate surface area is 77.9 Å². The summed E-state index contributed by atoms with van der Waals surface area (Å²) in [5, 5.41) is 0.659. The molecule has 1 nitrogen and oxygen atoms in total. The van der Waals surface area contributed by atoms with Gasteiger partial charge in [-0.1, -0.05) is 12.1 Å². The van der Waals surface area contributed by atoms with Gasteiger partial charge in [-0.15, -0.1) is 0 Å². The molecular weight excluding hydrogens is 221 g/mol. The summed E-state index contributed by atoms with van der Waals surface area (Å²) in [6.07, 6.45) is 0. The zero-order valence-electron chi connectivity index (χ0n) is 6.51. The second-order valence-corrected chi connectivity index (χ2v) is 3.43. The highest BCUT2D eigenvalue weighted by molar-refractivity contribution is 9.10. The minimum atomic E-state index is -0.187. The van der Waals surface area contributed by atoms with Crippen molar-refractivity contribution >= 4 is 26.8 Å². The zero-order chi connectivity index (χ0) is 8.72. The lowest BCUT2D eigenvalue weighted by molar-refractivity contribution is 0.624. The van der Waals surface area contributed by atoms with Crippen molar-refractivity contribution in [3.05, 3.63) is 34.7 Å². The van der Waals surface area contributed by atoms with Crippen molar-refractivity contribution in [1.82, 2.24) is 4.57 Å². The normalized spacial score (nSPS) is 10.9.